The van der Waals surface area contributed by atoms with E-state index in [2.05, 4.69) is 5.32 Å². The molecule has 0 heterocycles. The summed E-state index contributed by atoms with van der Waals surface area (Å²) in [6.45, 7) is 1.43. The van der Waals surface area contributed by atoms with E-state index in [4.69, 9.17) is 4.74 Å². The van der Waals surface area contributed by atoms with Crippen LogP contribution < -0.4 is 5.32 Å². The molecule has 1 fully saturated rings. The van der Waals surface area contributed by atoms with Gasteiger partial charge in [-0.15, -0.1) is 0 Å². The fourth-order valence-corrected chi connectivity index (χ4v) is 2.27. The number of methoxy groups -OCH3 is 1. The van der Waals surface area contributed by atoms with Gasteiger partial charge >= 0.3 is 0 Å². The Morgan fingerprint density at radius 2 is 2.12 bits per heavy atom. The first-order valence-electron chi connectivity index (χ1n) is 6.09. The lowest BCUT2D eigenvalue weighted by molar-refractivity contribution is -0.122. The van der Waals surface area contributed by atoms with Crippen molar-refractivity contribution < 1.29 is 14.6 Å². The van der Waals surface area contributed by atoms with Crippen LogP contribution in [-0.4, -0.2) is 37.9 Å². The first kappa shape index (κ1) is 13.5. The smallest absolute Gasteiger partial charge is 0.220 e. The Labute approximate surface area is 97.4 Å². The molecule has 1 amide bonds. The first-order valence-corrected chi connectivity index (χ1v) is 6.09. The molecular weight excluding hydrogens is 206 g/mol. The van der Waals surface area contributed by atoms with Crippen molar-refractivity contribution in [3.63, 3.8) is 0 Å². The molecule has 0 aromatic carbocycles. The molecule has 0 aromatic rings. The van der Waals surface area contributed by atoms with Gasteiger partial charge < -0.3 is 15.2 Å². The van der Waals surface area contributed by atoms with Crippen molar-refractivity contribution in [3.8, 4) is 0 Å². The molecular formula is C12H23NO3. The lowest BCUT2D eigenvalue weighted by Crippen LogP contribution is -2.38. The SMILES string of the molecule is COCCCC(=O)NCC1(CO)CCCC1. The fraction of sp³-hybridized carbons (Fsp3) is 0.917. The summed E-state index contributed by atoms with van der Waals surface area (Å²) in [7, 11) is 1.64. The van der Waals surface area contributed by atoms with E-state index in [1.807, 2.05) is 0 Å². The molecule has 0 bridgehead atoms. The van der Waals surface area contributed by atoms with Crippen molar-refractivity contribution in [2.75, 3.05) is 26.9 Å². The number of hydrogen-bond donors (Lipinski definition) is 2. The van der Waals surface area contributed by atoms with Gasteiger partial charge in [-0.1, -0.05) is 12.8 Å². The third-order valence-corrected chi connectivity index (χ3v) is 3.41. The van der Waals surface area contributed by atoms with Gasteiger partial charge in [0.15, 0.2) is 0 Å². The standard InChI is InChI=1S/C12H23NO3/c1-16-8-4-5-11(15)13-9-12(10-14)6-2-3-7-12/h14H,2-10H2,1H3,(H,13,15). The second-order valence-electron chi connectivity index (χ2n) is 4.74. The van der Waals surface area contributed by atoms with Gasteiger partial charge in [0.25, 0.3) is 0 Å². The number of nitrogens with one attached hydrogen (secondary N) is 1. The van der Waals surface area contributed by atoms with Crippen LogP contribution in [0.15, 0.2) is 0 Å². The first-order chi connectivity index (χ1) is 7.72. The average Bonchev–Trinajstić information content (AvgIpc) is 2.76. The summed E-state index contributed by atoms with van der Waals surface area (Å²) < 4.78 is 4.89. The van der Waals surface area contributed by atoms with E-state index in [-0.39, 0.29) is 17.9 Å². The molecule has 16 heavy (non-hydrogen) atoms. The highest BCUT2D eigenvalue weighted by atomic mass is 16.5. The molecule has 0 saturated heterocycles. The minimum Gasteiger partial charge on any atom is -0.396 e. The fourth-order valence-electron chi connectivity index (χ4n) is 2.27. The number of aliphatic hydroxyl groups excluding tert-OH is 1. The van der Waals surface area contributed by atoms with Gasteiger partial charge in [-0.05, 0) is 19.3 Å². The van der Waals surface area contributed by atoms with Crippen molar-refractivity contribution in [1.82, 2.24) is 5.32 Å². The predicted molar refractivity (Wildman–Crippen MR) is 62.1 cm³/mol. The Morgan fingerprint density at radius 1 is 1.44 bits per heavy atom. The van der Waals surface area contributed by atoms with Crippen LogP contribution in [0.5, 0.6) is 0 Å². The van der Waals surface area contributed by atoms with Crippen molar-refractivity contribution in [2.24, 2.45) is 5.41 Å². The summed E-state index contributed by atoms with van der Waals surface area (Å²) in [6, 6.07) is 0. The van der Waals surface area contributed by atoms with Crippen molar-refractivity contribution in [1.29, 1.82) is 0 Å². The summed E-state index contributed by atoms with van der Waals surface area (Å²) in [5.41, 5.74) is -0.0447. The van der Waals surface area contributed by atoms with E-state index in [1.54, 1.807) is 7.11 Å². The van der Waals surface area contributed by atoms with Crippen molar-refractivity contribution >= 4 is 5.91 Å². The van der Waals surface area contributed by atoms with E-state index in [0.29, 0.717) is 19.6 Å². The Bertz CT molecular complexity index is 212. The molecule has 4 heteroatoms. The molecule has 0 atom stereocenters. The van der Waals surface area contributed by atoms with E-state index in [0.717, 1.165) is 19.3 Å². The lowest BCUT2D eigenvalue weighted by Gasteiger charge is -2.26. The second kappa shape index (κ2) is 6.86. The summed E-state index contributed by atoms with van der Waals surface area (Å²) in [6.07, 6.45) is 5.66. The third kappa shape index (κ3) is 4.10. The Kier molecular flexibility index (Phi) is 5.77. The van der Waals surface area contributed by atoms with E-state index in [9.17, 15) is 9.90 Å². The highest BCUT2D eigenvalue weighted by Crippen LogP contribution is 2.36. The zero-order chi connectivity index (χ0) is 11.9. The normalized spacial score (nSPS) is 18.6. The molecule has 2 N–H and O–H groups in total. The molecule has 0 unspecified atom stereocenters. The molecule has 0 spiro atoms. The molecule has 1 aliphatic rings. The zero-order valence-corrected chi connectivity index (χ0v) is 10.1. The number of rotatable bonds is 7. The van der Waals surface area contributed by atoms with Crippen LogP contribution in [0.2, 0.25) is 0 Å². The maximum Gasteiger partial charge on any atom is 0.220 e. The van der Waals surface area contributed by atoms with Gasteiger partial charge in [-0.3, -0.25) is 4.79 Å². The molecule has 4 nitrogen and oxygen atoms in total. The second-order valence-corrected chi connectivity index (χ2v) is 4.74. The summed E-state index contributed by atoms with van der Waals surface area (Å²) in [4.78, 5) is 11.5. The van der Waals surface area contributed by atoms with Gasteiger partial charge in [0, 0.05) is 32.1 Å². The summed E-state index contributed by atoms with van der Waals surface area (Å²) in [5, 5.41) is 12.3. The highest BCUT2D eigenvalue weighted by Gasteiger charge is 2.33. The number of carbonyl (C=O) groups excluding carboxylic acids is 1. The Morgan fingerprint density at radius 3 is 2.69 bits per heavy atom. The van der Waals surface area contributed by atoms with Gasteiger partial charge in [0.1, 0.15) is 0 Å². The number of hydrogen-bond acceptors (Lipinski definition) is 3. The molecule has 1 saturated carbocycles. The largest absolute Gasteiger partial charge is 0.396 e. The van der Waals surface area contributed by atoms with Crippen LogP contribution in [0.4, 0.5) is 0 Å². The van der Waals surface area contributed by atoms with Crippen LogP contribution in [0.1, 0.15) is 38.5 Å². The van der Waals surface area contributed by atoms with Gasteiger partial charge in [0.2, 0.25) is 5.91 Å². The van der Waals surface area contributed by atoms with E-state index >= 15 is 0 Å². The van der Waals surface area contributed by atoms with Crippen LogP contribution in [0.25, 0.3) is 0 Å². The molecule has 1 rings (SSSR count). The summed E-state index contributed by atoms with van der Waals surface area (Å²) in [5.74, 6) is 0.0665. The quantitative estimate of drug-likeness (QED) is 0.642. The Balaban J connectivity index is 2.19. The minimum atomic E-state index is -0.0447. The van der Waals surface area contributed by atoms with E-state index in [1.165, 1.54) is 12.8 Å². The average molecular weight is 229 g/mol. The van der Waals surface area contributed by atoms with Crippen LogP contribution in [0.3, 0.4) is 0 Å². The van der Waals surface area contributed by atoms with Gasteiger partial charge in [-0.2, -0.15) is 0 Å². The number of amides is 1. The molecule has 94 valence electrons. The molecule has 0 radical (unpaired) electrons. The van der Waals surface area contributed by atoms with Crippen LogP contribution in [0, 0.1) is 5.41 Å². The lowest BCUT2D eigenvalue weighted by atomic mass is 9.87. The monoisotopic (exact) mass is 229 g/mol. The van der Waals surface area contributed by atoms with Gasteiger partial charge in [-0.25, -0.2) is 0 Å². The van der Waals surface area contributed by atoms with Crippen molar-refractivity contribution in [3.05, 3.63) is 0 Å². The molecule has 1 aliphatic carbocycles. The van der Waals surface area contributed by atoms with Crippen LogP contribution in [-0.2, 0) is 9.53 Å². The minimum absolute atomic E-state index is 0.0447. The van der Waals surface area contributed by atoms with Crippen molar-refractivity contribution in [2.45, 2.75) is 38.5 Å². The molecule has 0 aromatic heterocycles. The molecule has 0 aliphatic heterocycles. The Hall–Kier alpha value is -0.610. The third-order valence-electron chi connectivity index (χ3n) is 3.41. The topological polar surface area (TPSA) is 58.6 Å². The highest BCUT2D eigenvalue weighted by molar-refractivity contribution is 5.75. The van der Waals surface area contributed by atoms with Crippen LogP contribution >= 0.6 is 0 Å². The summed E-state index contributed by atoms with van der Waals surface area (Å²) >= 11 is 0. The zero-order valence-electron chi connectivity index (χ0n) is 10.1. The number of ether oxygens (including phenoxy) is 1. The van der Waals surface area contributed by atoms with Gasteiger partial charge in [0.05, 0.1) is 6.61 Å². The number of aliphatic hydroxyl groups is 1. The maximum absolute atomic E-state index is 11.5. The maximum atomic E-state index is 11.5. The van der Waals surface area contributed by atoms with E-state index < -0.39 is 0 Å². The number of carbonyl (C=O) groups is 1. The predicted octanol–water partition coefficient (Wildman–Crippen LogP) is 1.08.